The van der Waals surface area contributed by atoms with E-state index in [0.29, 0.717) is 22.5 Å². The standard InChI is InChI=1S/C19H19NO4S/c1-12-4-10-16(11-5-12)25(22,23)19-13(2)17(18(21)20-19)14-6-8-15(24-3)9-7-14/h4-11,19H,1-3H3,(H,20,21). The lowest BCUT2D eigenvalue weighted by atomic mass is 10.0. The van der Waals surface area contributed by atoms with Crippen LogP contribution in [0.5, 0.6) is 5.75 Å². The molecule has 1 aliphatic heterocycles. The second-order valence-electron chi connectivity index (χ2n) is 6.00. The molecule has 1 atom stereocenters. The van der Waals surface area contributed by atoms with Gasteiger partial charge in [-0.1, -0.05) is 29.8 Å². The third-order valence-corrected chi connectivity index (χ3v) is 6.34. The Hall–Kier alpha value is -2.60. The van der Waals surface area contributed by atoms with Crippen LogP contribution in [0.4, 0.5) is 0 Å². The number of hydrogen-bond donors (Lipinski definition) is 1. The van der Waals surface area contributed by atoms with E-state index in [9.17, 15) is 13.2 Å². The summed E-state index contributed by atoms with van der Waals surface area (Å²) in [6, 6.07) is 13.6. The number of hydrogen-bond acceptors (Lipinski definition) is 4. The molecule has 25 heavy (non-hydrogen) atoms. The molecule has 1 amide bonds. The van der Waals surface area contributed by atoms with Crippen LogP contribution in [0.1, 0.15) is 18.1 Å². The summed E-state index contributed by atoms with van der Waals surface area (Å²) in [5.74, 6) is 0.285. The van der Waals surface area contributed by atoms with E-state index in [-0.39, 0.29) is 10.8 Å². The molecule has 130 valence electrons. The van der Waals surface area contributed by atoms with Gasteiger partial charge < -0.3 is 10.1 Å². The minimum atomic E-state index is -3.71. The van der Waals surface area contributed by atoms with Gasteiger partial charge in [-0.3, -0.25) is 4.79 Å². The Bertz CT molecular complexity index is 942. The molecular weight excluding hydrogens is 338 g/mol. The monoisotopic (exact) mass is 357 g/mol. The molecule has 0 radical (unpaired) electrons. The predicted octanol–water partition coefficient (Wildman–Crippen LogP) is 2.71. The molecule has 2 aromatic rings. The summed E-state index contributed by atoms with van der Waals surface area (Å²) in [4.78, 5) is 12.6. The predicted molar refractivity (Wildman–Crippen MR) is 95.9 cm³/mol. The molecule has 0 spiro atoms. The zero-order chi connectivity index (χ0) is 18.2. The van der Waals surface area contributed by atoms with Crippen LogP contribution in [0.25, 0.3) is 5.57 Å². The number of ether oxygens (including phenoxy) is 1. The van der Waals surface area contributed by atoms with Crippen LogP contribution in [-0.2, 0) is 14.6 Å². The van der Waals surface area contributed by atoms with E-state index in [4.69, 9.17) is 4.74 Å². The van der Waals surface area contributed by atoms with E-state index in [1.165, 1.54) is 0 Å². The Kier molecular flexibility index (Phi) is 4.39. The normalized spacial score (nSPS) is 17.6. The highest BCUT2D eigenvalue weighted by Gasteiger charge is 2.39. The van der Waals surface area contributed by atoms with Crippen molar-refractivity contribution in [3.8, 4) is 5.75 Å². The largest absolute Gasteiger partial charge is 0.497 e. The SMILES string of the molecule is COc1ccc(C2=C(C)C(S(=O)(=O)c3ccc(C)cc3)NC2=O)cc1. The van der Waals surface area contributed by atoms with E-state index in [2.05, 4.69) is 5.32 Å². The fraction of sp³-hybridized carbons (Fsp3) is 0.211. The first-order valence-corrected chi connectivity index (χ1v) is 9.36. The molecule has 1 unspecified atom stereocenters. The highest BCUT2D eigenvalue weighted by molar-refractivity contribution is 7.92. The topological polar surface area (TPSA) is 72.5 Å². The van der Waals surface area contributed by atoms with Gasteiger partial charge in [-0.05, 0) is 49.2 Å². The summed E-state index contributed by atoms with van der Waals surface area (Å²) in [6.45, 7) is 3.56. The van der Waals surface area contributed by atoms with Gasteiger partial charge in [0.15, 0.2) is 5.37 Å². The molecule has 2 aromatic carbocycles. The van der Waals surface area contributed by atoms with Crippen LogP contribution in [0.2, 0.25) is 0 Å². The smallest absolute Gasteiger partial charge is 0.253 e. The summed E-state index contributed by atoms with van der Waals surface area (Å²) in [7, 11) is -2.14. The van der Waals surface area contributed by atoms with Gasteiger partial charge >= 0.3 is 0 Å². The van der Waals surface area contributed by atoms with Crippen LogP contribution in [0.15, 0.2) is 59.0 Å². The minimum Gasteiger partial charge on any atom is -0.497 e. The number of amides is 1. The molecule has 0 aromatic heterocycles. The summed E-state index contributed by atoms with van der Waals surface area (Å²) < 4.78 is 30.9. The molecule has 5 nitrogen and oxygen atoms in total. The number of benzene rings is 2. The van der Waals surface area contributed by atoms with Crippen molar-refractivity contribution in [2.75, 3.05) is 7.11 Å². The van der Waals surface area contributed by atoms with Gasteiger partial charge in [-0.25, -0.2) is 8.42 Å². The van der Waals surface area contributed by atoms with Crippen molar-refractivity contribution < 1.29 is 17.9 Å². The van der Waals surface area contributed by atoms with Crippen molar-refractivity contribution in [1.29, 1.82) is 0 Å². The summed E-state index contributed by atoms with van der Waals surface area (Å²) in [5, 5.41) is 1.55. The molecule has 6 heteroatoms. The highest BCUT2D eigenvalue weighted by Crippen LogP contribution is 2.32. The molecule has 1 heterocycles. The Morgan fingerprint density at radius 2 is 1.56 bits per heavy atom. The first-order valence-electron chi connectivity index (χ1n) is 7.81. The number of carbonyl (C=O) groups is 1. The van der Waals surface area contributed by atoms with Gasteiger partial charge in [-0.15, -0.1) is 0 Å². The van der Waals surface area contributed by atoms with Gasteiger partial charge in [0, 0.05) is 5.57 Å². The van der Waals surface area contributed by atoms with Gasteiger partial charge in [-0.2, -0.15) is 0 Å². The van der Waals surface area contributed by atoms with E-state index in [1.54, 1.807) is 62.6 Å². The van der Waals surface area contributed by atoms with E-state index in [1.807, 2.05) is 6.92 Å². The van der Waals surface area contributed by atoms with Crippen molar-refractivity contribution in [1.82, 2.24) is 5.32 Å². The Labute approximate surface area is 147 Å². The molecular formula is C19H19NO4S. The van der Waals surface area contributed by atoms with Gasteiger partial charge in [0.1, 0.15) is 5.75 Å². The molecule has 0 aliphatic carbocycles. The van der Waals surface area contributed by atoms with Crippen LogP contribution in [0, 0.1) is 6.92 Å². The zero-order valence-electron chi connectivity index (χ0n) is 14.2. The second kappa shape index (κ2) is 6.37. The van der Waals surface area contributed by atoms with E-state index < -0.39 is 15.2 Å². The molecule has 0 saturated heterocycles. The minimum absolute atomic E-state index is 0.193. The maximum Gasteiger partial charge on any atom is 0.253 e. The first-order chi connectivity index (χ1) is 11.8. The van der Waals surface area contributed by atoms with E-state index in [0.717, 1.165) is 5.56 Å². The maximum absolute atomic E-state index is 12.9. The van der Waals surface area contributed by atoms with E-state index >= 15 is 0 Å². The molecule has 1 aliphatic rings. The Balaban J connectivity index is 2.02. The lowest BCUT2D eigenvalue weighted by molar-refractivity contribution is -0.115. The van der Waals surface area contributed by atoms with Crippen LogP contribution in [-0.4, -0.2) is 26.8 Å². The fourth-order valence-electron chi connectivity index (χ4n) is 2.90. The van der Waals surface area contributed by atoms with Crippen molar-refractivity contribution in [2.45, 2.75) is 24.1 Å². The number of sulfone groups is 1. The van der Waals surface area contributed by atoms with Gasteiger partial charge in [0.2, 0.25) is 9.84 Å². The third-order valence-electron chi connectivity index (χ3n) is 4.32. The zero-order valence-corrected chi connectivity index (χ0v) is 15.1. The van der Waals surface area contributed by atoms with Crippen LogP contribution >= 0.6 is 0 Å². The number of carbonyl (C=O) groups excluding carboxylic acids is 1. The van der Waals surface area contributed by atoms with Crippen molar-refractivity contribution in [2.24, 2.45) is 0 Å². The number of methoxy groups -OCH3 is 1. The van der Waals surface area contributed by atoms with Crippen LogP contribution < -0.4 is 10.1 Å². The molecule has 0 fully saturated rings. The molecule has 0 saturated carbocycles. The highest BCUT2D eigenvalue weighted by atomic mass is 32.2. The van der Waals surface area contributed by atoms with Crippen molar-refractivity contribution in [3.05, 3.63) is 65.2 Å². The average molecular weight is 357 g/mol. The van der Waals surface area contributed by atoms with Crippen molar-refractivity contribution >= 4 is 21.3 Å². The Morgan fingerprint density at radius 1 is 0.960 bits per heavy atom. The molecule has 0 bridgehead atoms. The second-order valence-corrected chi connectivity index (χ2v) is 8.03. The lowest BCUT2D eigenvalue weighted by Crippen LogP contribution is -2.35. The molecule has 1 N–H and O–H groups in total. The number of aryl methyl sites for hydroxylation is 1. The lowest BCUT2D eigenvalue weighted by Gasteiger charge is -2.14. The summed E-state index contributed by atoms with van der Waals surface area (Å²) in [5.41, 5.74) is 2.53. The summed E-state index contributed by atoms with van der Waals surface area (Å²) in [6.07, 6.45) is 0. The first kappa shape index (κ1) is 17.2. The molecule has 3 rings (SSSR count). The average Bonchev–Trinajstić information content (AvgIpc) is 2.90. The Morgan fingerprint density at radius 3 is 2.12 bits per heavy atom. The van der Waals surface area contributed by atoms with Crippen molar-refractivity contribution in [3.63, 3.8) is 0 Å². The maximum atomic E-state index is 12.9. The number of nitrogens with one attached hydrogen (secondary N) is 1. The third kappa shape index (κ3) is 3.05. The van der Waals surface area contributed by atoms with Gasteiger partial charge in [0.25, 0.3) is 5.91 Å². The van der Waals surface area contributed by atoms with Crippen LogP contribution in [0.3, 0.4) is 0 Å². The number of rotatable bonds is 4. The fourth-order valence-corrected chi connectivity index (χ4v) is 4.53. The van der Waals surface area contributed by atoms with Gasteiger partial charge in [0.05, 0.1) is 12.0 Å². The quantitative estimate of drug-likeness (QED) is 0.913. The summed E-state index contributed by atoms with van der Waals surface area (Å²) >= 11 is 0.